The highest BCUT2D eigenvalue weighted by Gasteiger charge is 2.26. The van der Waals surface area contributed by atoms with Crippen LogP contribution < -0.4 is 9.64 Å². The average molecular weight is 364 g/mol. The van der Waals surface area contributed by atoms with Crippen LogP contribution in [0.2, 0.25) is 0 Å². The number of hydrogen-bond donors (Lipinski definition) is 0. The van der Waals surface area contributed by atoms with Gasteiger partial charge in [0.25, 0.3) is 5.91 Å². The van der Waals surface area contributed by atoms with E-state index in [1.165, 1.54) is 11.1 Å². The first-order chi connectivity index (χ1) is 13.1. The van der Waals surface area contributed by atoms with E-state index in [0.717, 1.165) is 30.0 Å². The first-order valence-corrected chi connectivity index (χ1v) is 9.50. The van der Waals surface area contributed by atoms with Crippen molar-refractivity contribution in [2.75, 3.05) is 24.6 Å². The third-order valence-electron chi connectivity index (χ3n) is 5.31. The van der Waals surface area contributed by atoms with E-state index in [-0.39, 0.29) is 18.4 Å². The van der Waals surface area contributed by atoms with E-state index < -0.39 is 0 Å². The lowest BCUT2D eigenvalue weighted by atomic mass is 9.99. The van der Waals surface area contributed by atoms with E-state index in [1.807, 2.05) is 36.1 Å². The average Bonchev–Trinajstić information content (AvgIpc) is 2.69. The lowest BCUT2D eigenvalue weighted by Crippen LogP contribution is -2.40. The van der Waals surface area contributed by atoms with Crippen LogP contribution in [0.25, 0.3) is 0 Å². The number of rotatable bonds is 4. The molecular weight excluding hydrogens is 340 g/mol. The van der Waals surface area contributed by atoms with Crippen molar-refractivity contribution in [3.05, 3.63) is 59.2 Å². The highest BCUT2D eigenvalue weighted by atomic mass is 16.5. The number of amides is 2. The summed E-state index contributed by atoms with van der Waals surface area (Å²) in [4.78, 5) is 28.6. The number of aryl methyl sites for hydroxylation is 1. The normalized spacial score (nSPS) is 15.8. The molecule has 2 aromatic carbocycles. The van der Waals surface area contributed by atoms with Gasteiger partial charge in [-0.05, 0) is 48.6 Å². The molecule has 2 aromatic rings. The number of benzene rings is 2. The van der Waals surface area contributed by atoms with Crippen molar-refractivity contribution in [2.24, 2.45) is 0 Å². The fourth-order valence-corrected chi connectivity index (χ4v) is 3.81. The maximum atomic E-state index is 12.6. The zero-order chi connectivity index (χ0) is 18.8. The minimum atomic E-state index is -0.0487. The molecule has 4 rings (SSSR count). The van der Waals surface area contributed by atoms with E-state index >= 15 is 0 Å². The Morgan fingerprint density at radius 2 is 1.96 bits per heavy atom. The van der Waals surface area contributed by atoms with Crippen LogP contribution in [0.3, 0.4) is 0 Å². The van der Waals surface area contributed by atoms with Crippen molar-refractivity contribution in [3.8, 4) is 5.75 Å². The first-order valence-electron chi connectivity index (χ1n) is 9.50. The van der Waals surface area contributed by atoms with E-state index in [4.69, 9.17) is 4.74 Å². The second-order valence-electron chi connectivity index (χ2n) is 7.24. The van der Waals surface area contributed by atoms with Gasteiger partial charge >= 0.3 is 0 Å². The van der Waals surface area contributed by atoms with Gasteiger partial charge in [-0.25, -0.2) is 0 Å². The summed E-state index contributed by atoms with van der Waals surface area (Å²) in [6.07, 6.45) is 2.01. The van der Waals surface area contributed by atoms with Gasteiger partial charge in [-0.3, -0.25) is 9.59 Å². The van der Waals surface area contributed by atoms with Gasteiger partial charge in [-0.15, -0.1) is 0 Å². The van der Waals surface area contributed by atoms with Crippen molar-refractivity contribution in [1.29, 1.82) is 0 Å². The Bertz CT molecular complexity index is 878. The van der Waals surface area contributed by atoms with Gasteiger partial charge < -0.3 is 14.5 Å². The molecule has 5 heteroatoms. The maximum absolute atomic E-state index is 12.6. The molecule has 0 atom stereocenters. The molecule has 27 heavy (non-hydrogen) atoms. The summed E-state index contributed by atoms with van der Waals surface area (Å²) in [5, 5.41) is 0. The number of anilines is 1. The number of ether oxygens (including phenoxy) is 1. The number of hydrogen-bond acceptors (Lipinski definition) is 3. The van der Waals surface area contributed by atoms with Crippen LogP contribution >= 0.6 is 0 Å². The smallest absolute Gasteiger partial charge is 0.265 e. The van der Waals surface area contributed by atoms with E-state index in [2.05, 4.69) is 18.2 Å². The molecule has 140 valence electrons. The summed E-state index contributed by atoms with van der Waals surface area (Å²) < 4.78 is 5.51. The Kier molecular flexibility index (Phi) is 4.84. The fraction of sp³-hybridized carbons (Fsp3) is 0.364. The van der Waals surface area contributed by atoms with Crippen LogP contribution in [0.4, 0.5) is 5.69 Å². The molecule has 5 nitrogen and oxygen atoms in total. The molecule has 2 amide bonds. The van der Waals surface area contributed by atoms with Gasteiger partial charge in [-0.2, -0.15) is 0 Å². The Morgan fingerprint density at radius 3 is 2.81 bits per heavy atom. The number of carbonyl (C=O) groups is 2. The summed E-state index contributed by atoms with van der Waals surface area (Å²) in [6, 6.07) is 14.2. The molecule has 0 saturated carbocycles. The second kappa shape index (κ2) is 7.43. The van der Waals surface area contributed by atoms with Crippen LogP contribution in [0.1, 0.15) is 29.5 Å². The minimum Gasteiger partial charge on any atom is -0.482 e. The predicted molar refractivity (Wildman–Crippen MR) is 104 cm³/mol. The fourth-order valence-electron chi connectivity index (χ4n) is 3.81. The monoisotopic (exact) mass is 364 g/mol. The Morgan fingerprint density at radius 1 is 1.15 bits per heavy atom. The standard InChI is InChI=1S/C22H24N2O3/c1-16-8-9-20-19(13-16)24(22(26)15-27-20)11-4-7-21(25)23-12-10-17-5-2-3-6-18(17)14-23/h2-3,5-6,8-9,13H,4,7,10-12,14-15H2,1H3. The van der Waals surface area contributed by atoms with Gasteiger partial charge in [0.1, 0.15) is 5.75 Å². The van der Waals surface area contributed by atoms with Crippen molar-refractivity contribution in [3.63, 3.8) is 0 Å². The lowest BCUT2D eigenvalue weighted by Gasteiger charge is -2.31. The molecule has 0 bridgehead atoms. The summed E-state index contributed by atoms with van der Waals surface area (Å²) in [5.74, 6) is 0.848. The molecule has 0 spiro atoms. The van der Waals surface area contributed by atoms with E-state index in [9.17, 15) is 9.59 Å². The van der Waals surface area contributed by atoms with Gasteiger partial charge in [0, 0.05) is 26.1 Å². The third kappa shape index (κ3) is 3.68. The number of fused-ring (bicyclic) bond motifs is 2. The maximum Gasteiger partial charge on any atom is 0.265 e. The van der Waals surface area contributed by atoms with Gasteiger partial charge in [-0.1, -0.05) is 30.3 Å². The number of nitrogens with zero attached hydrogens (tertiary/aromatic N) is 2. The van der Waals surface area contributed by atoms with Gasteiger partial charge in [0.05, 0.1) is 5.69 Å². The molecule has 0 aromatic heterocycles. The summed E-state index contributed by atoms with van der Waals surface area (Å²) in [6.45, 7) is 4.05. The van der Waals surface area contributed by atoms with E-state index in [0.29, 0.717) is 25.9 Å². The zero-order valence-electron chi connectivity index (χ0n) is 15.6. The molecule has 0 fully saturated rings. The van der Waals surface area contributed by atoms with Crippen LogP contribution in [0.15, 0.2) is 42.5 Å². The van der Waals surface area contributed by atoms with Gasteiger partial charge in [0.2, 0.25) is 5.91 Å². The van der Waals surface area contributed by atoms with Crippen LogP contribution in [-0.2, 0) is 22.6 Å². The van der Waals surface area contributed by atoms with Crippen molar-refractivity contribution in [2.45, 2.75) is 32.7 Å². The van der Waals surface area contributed by atoms with Crippen molar-refractivity contribution < 1.29 is 14.3 Å². The minimum absolute atomic E-state index is 0.0487. The molecule has 0 aliphatic carbocycles. The topological polar surface area (TPSA) is 49.9 Å². The molecule has 0 unspecified atom stereocenters. The summed E-state index contributed by atoms with van der Waals surface area (Å²) >= 11 is 0. The first kappa shape index (κ1) is 17.6. The third-order valence-corrected chi connectivity index (χ3v) is 5.31. The van der Waals surface area contributed by atoms with Crippen LogP contribution in [-0.4, -0.2) is 36.4 Å². The molecule has 2 heterocycles. The largest absolute Gasteiger partial charge is 0.482 e. The quantitative estimate of drug-likeness (QED) is 0.838. The van der Waals surface area contributed by atoms with Crippen molar-refractivity contribution >= 4 is 17.5 Å². The Labute approximate surface area is 159 Å². The summed E-state index contributed by atoms with van der Waals surface area (Å²) in [5.41, 5.74) is 4.48. The van der Waals surface area contributed by atoms with Crippen molar-refractivity contribution in [1.82, 2.24) is 4.90 Å². The molecule has 0 radical (unpaired) electrons. The highest BCUT2D eigenvalue weighted by molar-refractivity contribution is 5.98. The van der Waals surface area contributed by atoms with Crippen LogP contribution in [0.5, 0.6) is 5.75 Å². The predicted octanol–water partition coefficient (Wildman–Crippen LogP) is 3.09. The molecule has 0 N–H and O–H groups in total. The van der Waals surface area contributed by atoms with Crippen LogP contribution in [0, 0.1) is 6.92 Å². The number of carbonyl (C=O) groups excluding carboxylic acids is 2. The molecule has 2 aliphatic rings. The molecular formula is C22H24N2O3. The Hall–Kier alpha value is -2.82. The lowest BCUT2D eigenvalue weighted by molar-refractivity contribution is -0.132. The second-order valence-corrected chi connectivity index (χ2v) is 7.24. The van der Waals surface area contributed by atoms with Gasteiger partial charge in [0.15, 0.2) is 6.61 Å². The zero-order valence-corrected chi connectivity index (χ0v) is 15.6. The molecule has 2 aliphatic heterocycles. The Balaban J connectivity index is 1.36. The SMILES string of the molecule is Cc1ccc2c(c1)N(CCCC(=O)N1CCc3ccccc3C1)C(=O)CO2. The highest BCUT2D eigenvalue weighted by Crippen LogP contribution is 2.33. The van der Waals surface area contributed by atoms with E-state index in [1.54, 1.807) is 4.90 Å². The summed E-state index contributed by atoms with van der Waals surface area (Å²) in [7, 11) is 0. The molecule has 0 saturated heterocycles.